The third-order valence-electron chi connectivity index (χ3n) is 8.19. The molecule has 0 aliphatic rings. The zero-order valence-electron chi connectivity index (χ0n) is 24.6. The highest BCUT2D eigenvalue weighted by molar-refractivity contribution is 6.10. The van der Waals surface area contributed by atoms with Gasteiger partial charge in [-0.05, 0) is 78.4 Å². The van der Waals surface area contributed by atoms with Gasteiger partial charge in [0.2, 0.25) is 0 Å². The van der Waals surface area contributed by atoms with Gasteiger partial charge in [-0.3, -0.25) is 0 Å². The summed E-state index contributed by atoms with van der Waals surface area (Å²) in [7, 11) is 0. The van der Waals surface area contributed by atoms with E-state index in [1.165, 1.54) is 0 Å². The fraction of sp³-hybridized carbons (Fsp3) is 0. The van der Waals surface area contributed by atoms with Crippen LogP contribution in [0.25, 0.3) is 33.1 Å². The highest BCUT2D eigenvalue weighted by atomic mass is 16.3. The summed E-state index contributed by atoms with van der Waals surface area (Å²) in [6.07, 6.45) is 0. The van der Waals surface area contributed by atoms with Gasteiger partial charge in [0.05, 0.1) is 0 Å². The Morgan fingerprint density at radius 2 is 0.756 bits per heavy atom. The van der Waals surface area contributed by atoms with Crippen molar-refractivity contribution in [2.24, 2.45) is 0 Å². The van der Waals surface area contributed by atoms with Gasteiger partial charge >= 0.3 is 0 Å². The number of anilines is 6. The van der Waals surface area contributed by atoms with Crippen LogP contribution in [0.4, 0.5) is 34.1 Å². The molecule has 0 bridgehead atoms. The van der Waals surface area contributed by atoms with Gasteiger partial charge in [-0.25, -0.2) is 0 Å². The van der Waals surface area contributed by atoms with Crippen molar-refractivity contribution in [2.45, 2.75) is 0 Å². The number of hydrogen-bond donors (Lipinski definition) is 0. The molecule has 0 fully saturated rings. The quantitative estimate of drug-likeness (QED) is 0.188. The first-order valence-corrected chi connectivity index (χ1v) is 15.2. The summed E-state index contributed by atoms with van der Waals surface area (Å²) in [5.74, 6) is 0. The summed E-state index contributed by atoms with van der Waals surface area (Å²) in [4.78, 5) is 4.64. The second-order valence-electron chi connectivity index (χ2n) is 11.0. The average Bonchev–Trinajstić information content (AvgIpc) is 3.49. The van der Waals surface area contributed by atoms with Crippen LogP contribution in [0, 0.1) is 0 Å². The van der Waals surface area contributed by atoms with Gasteiger partial charge < -0.3 is 14.2 Å². The lowest BCUT2D eigenvalue weighted by Crippen LogP contribution is -2.13. The number of fused-ring (bicyclic) bond motifs is 3. The Kier molecular flexibility index (Phi) is 6.82. The van der Waals surface area contributed by atoms with E-state index in [1.54, 1.807) is 0 Å². The predicted molar refractivity (Wildman–Crippen MR) is 189 cm³/mol. The van der Waals surface area contributed by atoms with Crippen LogP contribution in [0.2, 0.25) is 0 Å². The molecule has 0 unspecified atom stereocenters. The van der Waals surface area contributed by atoms with Gasteiger partial charge in [-0.2, -0.15) is 0 Å². The molecule has 3 nitrogen and oxygen atoms in total. The van der Waals surface area contributed by atoms with Gasteiger partial charge in [0.1, 0.15) is 11.2 Å². The molecular weight excluding hydrogens is 548 g/mol. The number of benzene rings is 7. The van der Waals surface area contributed by atoms with Crippen molar-refractivity contribution in [1.29, 1.82) is 0 Å². The Morgan fingerprint density at radius 3 is 1.24 bits per heavy atom. The van der Waals surface area contributed by atoms with Crippen molar-refractivity contribution < 1.29 is 4.42 Å². The third-order valence-corrected chi connectivity index (χ3v) is 8.19. The molecule has 8 rings (SSSR count). The monoisotopic (exact) mass is 578 g/mol. The minimum absolute atomic E-state index is 0.888. The molecule has 1 heterocycles. The predicted octanol–water partition coefficient (Wildman–Crippen LogP) is 12.2. The van der Waals surface area contributed by atoms with E-state index < -0.39 is 0 Å². The molecule has 3 heteroatoms. The van der Waals surface area contributed by atoms with Crippen LogP contribution in [-0.4, -0.2) is 0 Å². The van der Waals surface area contributed by atoms with Crippen molar-refractivity contribution in [1.82, 2.24) is 0 Å². The van der Waals surface area contributed by atoms with E-state index in [-0.39, 0.29) is 0 Å². The Labute approximate surface area is 262 Å². The molecule has 7 aromatic carbocycles. The summed E-state index contributed by atoms with van der Waals surface area (Å²) in [5, 5.41) is 2.23. The molecule has 0 amide bonds. The molecule has 0 N–H and O–H groups in total. The maximum atomic E-state index is 6.55. The second kappa shape index (κ2) is 11.6. The molecule has 0 aliphatic carbocycles. The molecule has 0 saturated carbocycles. The van der Waals surface area contributed by atoms with Crippen LogP contribution < -0.4 is 9.80 Å². The molecule has 0 aliphatic heterocycles. The number of nitrogens with zero attached hydrogens (tertiary/aromatic N) is 2. The highest BCUT2D eigenvalue weighted by Gasteiger charge is 2.20. The summed E-state index contributed by atoms with van der Waals surface area (Å²) >= 11 is 0. The van der Waals surface area contributed by atoms with Gasteiger partial charge in [-0.1, -0.05) is 109 Å². The molecule has 8 aromatic rings. The Bertz CT molecular complexity index is 2030. The van der Waals surface area contributed by atoms with E-state index in [1.807, 2.05) is 12.1 Å². The molecule has 214 valence electrons. The van der Waals surface area contributed by atoms with Crippen LogP contribution in [0.15, 0.2) is 186 Å². The van der Waals surface area contributed by atoms with Crippen LogP contribution in [0.1, 0.15) is 0 Å². The lowest BCUT2D eigenvalue weighted by Gasteiger charge is -2.30. The number of hydrogen-bond acceptors (Lipinski definition) is 3. The van der Waals surface area contributed by atoms with E-state index in [0.717, 1.165) is 67.2 Å². The Morgan fingerprint density at radius 1 is 0.333 bits per heavy atom. The highest BCUT2D eigenvalue weighted by Crippen LogP contribution is 2.44. The van der Waals surface area contributed by atoms with Gasteiger partial charge in [0.15, 0.2) is 0 Å². The smallest absolute Gasteiger partial charge is 0.143 e. The SMILES string of the molecule is c1ccc(N(c2ccccc2)c2cc(-c3cccc4c3oc3ccccc34)cc(N(c3ccccc3)c3ccccc3)c2)cc1. The second-order valence-corrected chi connectivity index (χ2v) is 11.0. The molecule has 1 aromatic heterocycles. The summed E-state index contributed by atoms with van der Waals surface area (Å²) < 4.78 is 6.55. The van der Waals surface area contributed by atoms with Crippen LogP contribution in [0.5, 0.6) is 0 Å². The third kappa shape index (κ3) is 5.01. The summed E-state index contributed by atoms with van der Waals surface area (Å²) in [6.45, 7) is 0. The first-order valence-electron chi connectivity index (χ1n) is 15.2. The standard InChI is InChI=1S/C42H30N2O/c1-5-16-32(17-6-1)43(33-18-7-2-8-19-33)36-28-31(38-25-15-26-40-39-24-13-14-27-41(39)45-42(38)40)29-37(30-36)44(34-20-9-3-10-21-34)35-22-11-4-12-23-35/h1-30H. The van der Waals surface area contributed by atoms with Crippen LogP contribution in [-0.2, 0) is 0 Å². The summed E-state index contributed by atoms with van der Waals surface area (Å²) in [5.41, 5.74) is 10.3. The first-order chi connectivity index (χ1) is 22.3. The fourth-order valence-corrected chi connectivity index (χ4v) is 6.19. The van der Waals surface area contributed by atoms with Gasteiger partial charge in [-0.15, -0.1) is 0 Å². The van der Waals surface area contributed by atoms with Crippen molar-refractivity contribution in [3.8, 4) is 11.1 Å². The normalized spacial score (nSPS) is 11.1. The lowest BCUT2D eigenvalue weighted by molar-refractivity contribution is 0.670. The molecular formula is C42H30N2O. The number of furan rings is 1. The minimum Gasteiger partial charge on any atom is -0.455 e. The van der Waals surface area contributed by atoms with Gasteiger partial charge in [0, 0.05) is 50.5 Å². The molecule has 0 atom stereocenters. The minimum atomic E-state index is 0.888. The topological polar surface area (TPSA) is 19.6 Å². The number of para-hydroxylation sites is 6. The van der Waals surface area contributed by atoms with E-state index in [2.05, 4.69) is 180 Å². The first kappa shape index (κ1) is 26.6. The average molecular weight is 579 g/mol. The van der Waals surface area contributed by atoms with E-state index in [9.17, 15) is 0 Å². The van der Waals surface area contributed by atoms with Crippen LogP contribution >= 0.6 is 0 Å². The van der Waals surface area contributed by atoms with Gasteiger partial charge in [0.25, 0.3) is 0 Å². The zero-order chi connectivity index (χ0) is 30.0. The molecule has 0 radical (unpaired) electrons. The van der Waals surface area contributed by atoms with Crippen molar-refractivity contribution >= 4 is 56.1 Å². The van der Waals surface area contributed by atoms with Crippen molar-refractivity contribution in [3.63, 3.8) is 0 Å². The maximum absolute atomic E-state index is 6.55. The molecule has 45 heavy (non-hydrogen) atoms. The van der Waals surface area contributed by atoms with E-state index >= 15 is 0 Å². The maximum Gasteiger partial charge on any atom is 0.143 e. The largest absolute Gasteiger partial charge is 0.455 e. The Balaban J connectivity index is 1.43. The van der Waals surface area contributed by atoms with E-state index in [4.69, 9.17) is 4.42 Å². The summed E-state index contributed by atoms with van der Waals surface area (Å²) in [6, 6.07) is 63.8. The fourth-order valence-electron chi connectivity index (χ4n) is 6.19. The van der Waals surface area contributed by atoms with Crippen molar-refractivity contribution in [3.05, 3.63) is 182 Å². The van der Waals surface area contributed by atoms with Crippen molar-refractivity contribution in [2.75, 3.05) is 9.80 Å². The molecule has 0 saturated heterocycles. The van der Waals surface area contributed by atoms with E-state index in [0.29, 0.717) is 0 Å². The molecule has 0 spiro atoms. The Hall–Kier alpha value is -6.06. The van der Waals surface area contributed by atoms with Crippen LogP contribution in [0.3, 0.4) is 0 Å². The lowest BCUT2D eigenvalue weighted by atomic mass is 9.99. The zero-order valence-corrected chi connectivity index (χ0v) is 24.6. The number of rotatable bonds is 7.